The molecule has 0 saturated heterocycles. The molecular weight excluding hydrogens is 436 g/mol. The minimum Gasteiger partial charge on any atom is -0.493 e. The molecular formula is C30H32N2O3. The van der Waals surface area contributed by atoms with Crippen molar-refractivity contribution in [3.05, 3.63) is 95.2 Å². The summed E-state index contributed by atoms with van der Waals surface area (Å²) in [6.07, 6.45) is 0. The Balaban J connectivity index is 1.73. The molecule has 3 aromatic carbocycles. The standard InChI is InChI=1S/C30H32N2O3/c1-19(2)18-35-25-16-12-23(13-17-25)27-28(31-24-14-10-22(11-15-24)20(3)4)30(34)32(29(27)33)26-9-7-6-8-21(26)5/h6-17,19-20,31H,18H2,1-5H3. The van der Waals surface area contributed by atoms with E-state index in [4.69, 9.17) is 4.74 Å². The van der Waals surface area contributed by atoms with Gasteiger partial charge < -0.3 is 10.1 Å². The van der Waals surface area contributed by atoms with Gasteiger partial charge in [0.25, 0.3) is 11.8 Å². The Labute approximate surface area is 207 Å². The lowest BCUT2D eigenvalue weighted by molar-refractivity contribution is -0.120. The third-order valence-corrected chi connectivity index (χ3v) is 6.01. The van der Waals surface area contributed by atoms with Crippen molar-refractivity contribution >= 4 is 28.8 Å². The summed E-state index contributed by atoms with van der Waals surface area (Å²) in [6, 6.07) is 22.7. The number of carbonyl (C=O) groups is 2. The van der Waals surface area contributed by atoms with Crippen LogP contribution >= 0.6 is 0 Å². The molecule has 0 unspecified atom stereocenters. The molecule has 0 bridgehead atoms. The summed E-state index contributed by atoms with van der Waals surface area (Å²) in [5.74, 6) is 0.830. The summed E-state index contributed by atoms with van der Waals surface area (Å²) in [6.45, 7) is 11.0. The van der Waals surface area contributed by atoms with E-state index in [-0.39, 0.29) is 17.5 Å². The number of hydrogen-bond acceptors (Lipinski definition) is 4. The SMILES string of the molecule is Cc1ccccc1N1C(=O)C(Nc2ccc(C(C)C)cc2)=C(c2ccc(OCC(C)C)cc2)C1=O. The molecule has 0 aliphatic carbocycles. The number of nitrogens with zero attached hydrogens (tertiary/aromatic N) is 1. The third-order valence-electron chi connectivity index (χ3n) is 6.01. The number of nitrogens with one attached hydrogen (secondary N) is 1. The van der Waals surface area contributed by atoms with Crippen LogP contribution in [-0.2, 0) is 9.59 Å². The molecule has 2 amide bonds. The lowest BCUT2D eigenvalue weighted by atomic mass is 10.0. The lowest BCUT2D eigenvalue weighted by Gasteiger charge is -2.17. The summed E-state index contributed by atoms with van der Waals surface area (Å²) >= 11 is 0. The highest BCUT2D eigenvalue weighted by atomic mass is 16.5. The second kappa shape index (κ2) is 10.2. The molecule has 0 fully saturated rings. The Kier molecular flexibility index (Phi) is 7.06. The molecule has 1 aliphatic heterocycles. The number of aryl methyl sites for hydroxylation is 1. The molecule has 4 rings (SSSR count). The van der Waals surface area contributed by atoms with Gasteiger partial charge in [-0.1, -0.05) is 70.2 Å². The number of benzene rings is 3. The van der Waals surface area contributed by atoms with Crippen molar-refractivity contribution in [2.75, 3.05) is 16.8 Å². The van der Waals surface area contributed by atoms with Crippen LogP contribution in [0.3, 0.4) is 0 Å². The first kappa shape index (κ1) is 24.3. The minimum absolute atomic E-state index is 0.270. The summed E-state index contributed by atoms with van der Waals surface area (Å²) in [5.41, 5.74) is 4.69. The Morgan fingerprint density at radius 2 is 1.49 bits per heavy atom. The zero-order valence-corrected chi connectivity index (χ0v) is 21.0. The number of carbonyl (C=O) groups excluding carboxylic acids is 2. The van der Waals surface area contributed by atoms with Crippen molar-refractivity contribution in [2.45, 2.75) is 40.5 Å². The van der Waals surface area contributed by atoms with Gasteiger partial charge in [-0.2, -0.15) is 0 Å². The second-order valence-electron chi connectivity index (χ2n) is 9.61. The van der Waals surface area contributed by atoms with Crippen LogP contribution in [0.2, 0.25) is 0 Å². The number of ether oxygens (including phenoxy) is 1. The third kappa shape index (κ3) is 5.14. The van der Waals surface area contributed by atoms with Crippen LogP contribution in [0, 0.1) is 12.8 Å². The van der Waals surface area contributed by atoms with Gasteiger partial charge in [0.1, 0.15) is 11.4 Å². The van der Waals surface area contributed by atoms with E-state index in [1.54, 1.807) is 6.07 Å². The molecule has 0 saturated carbocycles. The monoisotopic (exact) mass is 468 g/mol. The molecule has 5 nitrogen and oxygen atoms in total. The topological polar surface area (TPSA) is 58.6 Å². The molecule has 0 atom stereocenters. The molecule has 5 heteroatoms. The van der Waals surface area contributed by atoms with Gasteiger partial charge in [-0.15, -0.1) is 0 Å². The summed E-state index contributed by atoms with van der Waals surface area (Å²) in [4.78, 5) is 28.6. The van der Waals surface area contributed by atoms with Crippen molar-refractivity contribution in [3.8, 4) is 5.75 Å². The molecule has 0 aromatic heterocycles. The van der Waals surface area contributed by atoms with E-state index < -0.39 is 0 Å². The van der Waals surface area contributed by atoms with Crippen LogP contribution in [0.15, 0.2) is 78.5 Å². The van der Waals surface area contributed by atoms with Gasteiger partial charge >= 0.3 is 0 Å². The predicted molar refractivity (Wildman–Crippen MR) is 142 cm³/mol. The quantitative estimate of drug-likeness (QED) is 0.381. The predicted octanol–water partition coefficient (Wildman–Crippen LogP) is 6.55. The van der Waals surface area contributed by atoms with E-state index in [1.807, 2.05) is 73.7 Å². The fraction of sp³-hybridized carbons (Fsp3) is 0.267. The fourth-order valence-corrected chi connectivity index (χ4v) is 4.02. The first-order valence-electron chi connectivity index (χ1n) is 12.0. The molecule has 0 spiro atoms. The maximum absolute atomic E-state index is 13.7. The van der Waals surface area contributed by atoms with Crippen molar-refractivity contribution in [1.29, 1.82) is 0 Å². The number of rotatable bonds is 8. The van der Waals surface area contributed by atoms with Gasteiger partial charge in [-0.25, -0.2) is 4.90 Å². The fourth-order valence-electron chi connectivity index (χ4n) is 4.02. The Morgan fingerprint density at radius 1 is 0.829 bits per heavy atom. The Bertz CT molecular complexity index is 1260. The summed E-state index contributed by atoms with van der Waals surface area (Å²) in [7, 11) is 0. The highest BCUT2D eigenvalue weighted by Gasteiger charge is 2.40. The Hall–Kier alpha value is -3.86. The van der Waals surface area contributed by atoms with E-state index in [2.05, 4.69) is 33.0 Å². The van der Waals surface area contributed by atoms with Crippen LogP contribution in [0.1, 0.15) is 50.3 Å². The molecule has 1 aliphatic rings. The first-order chi connectivity index (χ1) is 16.8. The van der Waals surface area contributed by atoms with Crippen molar-refractivity contribution in [3.63, 3.8) is 0 Å². The zero-order valence-electron chi connectivity index (χ0n) is 21.0. The molecule has 35 heavy (non-hydrogen) atoms. The average molecular weight is 469 g/mol. The number of amides is 2. The van der Waals surface area contributed by atoms with Gasteiger partial charge in [-0.3, -0.25) is 9.59 Å². The van der Waals surface area contributed by atoms with Crippen molar-refractivity contribution in [2.24, 2.45) is 5.92 Å². The van der Waals surface area contributed by atoms with Gasteiger partial charge in [0.05, 0.1) is 17.9 Å². The highest BCUT2D eigenvalue weighted by molar-refractivity contribution is 6.46. The van der Waals surface area contributed by atoms with Crippen molar-refractivity contribution in [1.82, 2.24) is 0 Å². The molecule has 1 heterocycles. The van der Waals surface area contributed by atoms with Crippen LogP contribution < -0.4 is 15.0 Å². The lowest BCUT2D eigenvalue weighted by Crippen LogP contribution is -2.33. The minimum atomic E-state index is -0.368. The molecule has 0 radical (unpaired) electrons. The number of hydrogen-bond donors (Lipinski definition) is 1. The van der Waals surface area contributed by atoms with Crippen LogP contribution in [0.4, 0.5) is 11.4 Å². The molecule has 3 aromatic rings. The van der Waals surface area contributed by atoms with Gasteiger partial charge in [0, 0.05) is 5.69 Å². The maximum Gasteiger partial charge on any atom is 0.282 e. The van der Waals surface area contributed by atoms with E-state index in [0.29, 0.717) is 35.3 Å². The normalized spacial score (nSPS) is 13.9. The van der Waals surface area contributed by atoms with Gasteiger partial charge in [0.2, 0.25) is 0 Å². The summed E-state index contributed by atoms with van der Waals surface area (Å²) < 4.78 is 5.80. The van der Waals surface area contributed by atoms with Crippen LogP contribution in [-0.4, -0.2) is 18.4 Å². The van der Waals surface area contributed by atoms with Crippen LogP contribution in [0.25, 0.3) is 5.57 Å². The van der Waals surface area contributed by atoms with Gasteiger partial charge in [0.15, 0.2) is 0 Å². The molecule has 1 N–H and O–H groups in total. The molecule has 180 valence electrons. The van der Waals surface area contributed by atoms with E-state index >= 15 is 0 Å². The maximum atomic E-state index is 13.7. The Morgan fingerprint density at radius 3 is 2.09 bits per heavy atom. The zero-order chi connectivity index (χ0) is 25.1. The number of anilines is 2. The van der Waals surface area contributed by atoms with Gasteiger partial charge in [-0.05, 0) is 65.8 Å². The number of imide groups is 1. The van der Waals surface area contributed by atoms with Crippen molar-refractivity contribution < 1.29 is 14.3 Å². The van der Waals surface area contributed by atoms with E-state index in [0.717, 1.165) is 17.0 Å². The van der Waals surface area contributed by atoms with Crippen LogP contribution in [0.5, 0.6) is 5.75 Å². The summed E-state index contributed by atoms with van der Waals surface area (Å²) in [5, 5.41) is 3.25. The smallest absolute Gasteiger partial charge is 0.282 e. The average Bonchev–Trinajstić information content (AvgIpc) is 3.08. The van der Waals surface area contributed by atoms with E-state index in [9.17, 15) is 9.59 Å². The first-order valence-corrected chi connectivity index (χ1v) is 12.0. The second-order valence-corrected chi connectivity index (χ2v) is 9.61. The van der Waals surface area contributed by atoms with E-state index in [1.165, 1.54) is 10.5 Å². The highest BCUT2D eigenvalue weighted by Crippen LogP contribution is 2.35. The number of para-hydroxylation sites is 1. The largest absolute Gasteiger partial charge is 0.493 e.